The van der Waals surface area contributed by atoms with E-state index in [0.717, 1.165) is 12.6 Å². The third kappa shape index (κ3) is 2.87. The summed E-state index contributed by atoms with van der Waals surface area (Å²) in [5.74, 6) is 0. The Morgan fingerprint density at radius 2 is 2.35 bits per heavy atom. The van der Waals surface area contributed by atoms with Gasteiger partial charge in [0.25, 0.3) is 0 Å². The summed E-state index contributed by atoms with van der Waals surface area (Å²) in [6, 6.07) is 3.66. The first-order chi connectivity index (χ1) is 8.31. The second-order valence-electron chi connectivity index (χ2n) is 5.43. The van der Waals surface area contributed by atoms with Crippen molar-refractivity contribution in [1.29, 1.82) is 0 Å². The van der Waals surface area contributed by atoms with Crippen molar-refractivity contribution in [2.24, 2.45) is 7.05 Å². The summed E-state index contributed by atoms with van der Waals surface area (Å²) in [6.45, 7) is 3.41. The van der Waals surface area contributed by atoms with Gasteiger partial charge in [0, 0.05) is 38.4 Å². The van der Waals surface area contributed by atoms with Crippen LogP contribution < -0.4 is 5.32 Å². The topological polar surface area (TPSA) is 33.1 Å². The molecule has 2 fully saturated rings. The molecule has 94 valence electrons. The molecule has 4 nitrogen and oxygen atoms in total. The van der Waals surface area contributed by atoms with E-state index in [2.05, 4.69) is 21.4 Å². The highest BCUT2D eigenvalue weighted by Gasteiger charge is 2.31. The number of nitrogens with zero attached hydrogens (tertiary/aromatic N) is 3. The number of rotatable bonds is 5. The molecule has 2 heterocycles. The lowest BCUT2D eigenvalue weighted by atomic mass is 10.2. The van der Waals surface area contributed by atoms with Crippen LogP contribution in [0.15, 0.2) is 12.3 Å². The summed E-state index contributed by atoms with van der Waals surface area (Å²) in [4.78, 5) is 2.62. The molecule has 0 radical (unpaired) electrons. The molecule has 1 atom stereocenters. The molecule has 1 saturated carbocycles. The van der Waals surface area contributed by atoms with Crippen molar-refractivity contribution in [3.05, 3.63) is 18.0 Å². The fraction of sp³-hybridized carbons (Fsp3) is 0.769. The molecule has 0 spiro atoms. The van der Waals surface area contributed by atoms with Crippen LogP contribution in [0, 0.1) is 0 Å². The van der Waals surface area contributed by atoms with E-state index in [0.29, 0.717) is 6.04 Å². The van der Waals surface area contributed by atoms with Crippen molar-refractivity contribution in [3.8, 4) is 0 Å². The van der Waals surface area contributed by atoms with E-state index in [1.165, 1.54) is 44.5 Å². The van der Waals surface area contributed by atoms with Crippen molar-refractivity contribution < 1.29 is 0 Å². The summed E-state index contributed by atoms with van der Waals surface area (Å²) in [7, 11) is 1.99. The van der Waals surface area contributed by atoms with E-state index in [4.69, 9.17) is 0 Å². The molecule has 0 amide bonds. The van der Waals surface area contributed by atoms with Gasteiger partial charge in [0.05, 0.1) is 5.69 Å². The molecule has 1 aromatic rings. The zero-order chi connectivity index (χ0) is 11.7. The normalized spacial score (nSPS) is 24.7. The van der Waals surface area contributed by atoms with Crippen molar-refractivity contribution in [3.63, 3.8) is 0 Å². The van der Waals surface area contributed by atoms with Crippen molar-refractivity contribution >= 4 is 0 Å². The van der Waals surface area contributed by atoms with Crippen LogP contribution in [0.1, 0.15) is 31.4 Å². The van der Waals surface area contributed by atoms with E-state index in [1.54, 1.807) is 0 Å². The van der Waals surface area contributed by atoms with Crippen LogP contribution in [-0.4, -0.2) is 39.9 Å². The molecule has 2 aliphatic rings. The zero-order valence-corrected chi connectivity index (χ0v) is 10.6. The molecule has 1 aromatic heterocycles. The maximum Gasteiger partial charge on any atom is 0.0764 e. The minimum Gasteiger partial charge on any atom is -0.313 e. The second kappa shape index (κ2) is 4.78. The van der Waals surface area contributed by atoms with Gasteiger partial charge in [-0.3, -0.25) is 9.58 Å². The first-order valence-corrected chi connectivity index (χ1v) is 6.77. The predicted octanol–water partition coefficient (Wildman–Crippen LogP) is 1.14. The zero-order valence-electron chi connectivity index (χ0n) is 10.6. The van der Waals surface area contributed by atoms with E-state index in [1.807, 2.05) is 17.9 Å². The van der Waals surface area contributed by atoms with Crippen molar-refractivity contribution in [2.45, 2.75) is 44.3 Å². The molecule has 4 heteroatoms. The smallest absolute Gasteiger partial charge is 0.0764 e. The summed E-state index contributed by atoms with van der Waals surface area (Å²) < 4.78 is 1.90. The number of aryl methyl sites for hydroxylation is 1. The molecule has 0 aromatic carbocycles. The molecule has 1 aliphatic carbocycles. The van der Waals surface area contributed by atoms with Crippen LogP contribution in [-0.2, 0) is 13.6 Å². The lowest BCUT2D eigenvalue weighted by Gasteiger charge is -2.24. The van der Waals surface area contributed by atoms with Crippen LogP contribution in [0.2, 0.25) is 0 Å². The highest BCUT2D eigenvalue weighted by Crippen LogP contribution is 2.28. The van der Waals surface area contributed by atoms with E-state index in [9.17, 15) is 0 Å². The molecular formula is C13H22N4. The lowest BCUT2D eigenvalue weighted by Crippen LogP contribution is -2.38. The van der Waals surface area contributed by atoms with E-state index in [-0.39, 0.29) is 0 Å². The minimum atomic E-state index is 0.708. The number of nitrogens with one attached hydrogen (secondary N) is 1. The number of hydrogen-bond donors (Lipinski definition) is 1. The Morgan fingerprint density at radius 3 is 2.94 bits per heavy atom. The monoisotopic (exact) mass is 234 g/mol. The van der Waals surface area contributed by atoms with Gasteiger partial charge in [-0.05, 0) is 38.3 Å². The Bertz CT molecular complexity index is 363. The Balaban J connectivity index is 1.59. The highest BCUT2D eigenvalue weighted by atomic mass is 15.3. The van der Waals surface area contributed by atoms with Gasteiger partial charge in [-0.15, -0.1) is 0 Å². The molecule has 17 heavy (non-hydrogen) atoms. The Morgan fingerprint density at radius 1 is 1.47 bits per heavy atom. The first kappa shape index (κ1) is 11.2. The number of aromatic nitrogens is 2. The van der Waals surface area contributed by atoms with Gasteiger partial charge >= 0.3 is 0 Å². The van der Waals surface area contributed by atoms with Crippen molar-refractivity contribution in [2.75, 3.05) is 13.1 Å². The predicted molar refractivity (Wildman–Crippen MR) is 67.7 cm³/mol. The number of hydrogen-bond acceptors (Lipinski definition) is 3. The van der Waals surface area contributed by atoms with Crippen LogP contribution in [0.3, 0.4) is 0 Å². The summed E-state index contributed by atoms with van der Waals surface area (Å²) in [5.41, 5.74) is 1.21. The molecule has 1 unspecified atom stereocenters. The van der Waals surface area contributed by atoms with E-state index >= 15 is 0 Å². The van der Waals surface area contributed by atoms with Gasteiger partial charge in [0.15, 0.2) is 0 Å². The Kier molecular flexibility index (Phi) is 3.16. The SMILES string of the molecule is Cn1ccc(CN(CC2CCCN2)C2CC2)n1. The van der Waals surface area contributed by atoms with Crippen LogP contribution >= 0.6 is 0 Å². The van der Waals surface area contributed by atoms with Gasteiger partial charge < -0.3 is 5.32 Å². The quantitative estimate of drug-likeness (QED) is 0.829. The summed E-state index contributed by atoms with van der Waals surface area (Å²) in [5, 5.41) is 8.08. The molecule has 3 rings (SSSR count). The van der Waals surface area contributed by atoms with Crippen LogP contribution in [0.4, 0.5) is 0 Å². The second-order valence-corrected chi connectivity index (χ2v) is 5.43. The molecule has 1 saturated heterocycles. The first-order valence-electron chi connectivity index (χ1n) is 6.77. The van der Waals surface area contributed by atoms with E-state index < -0.39 is 0 Å². The average molecular weight is 234 g/mol. The Labute approximate surface area is 103 Å². The maximum atomic E-state index is 4.49. The molecular weight excluding hydrogens is 212 g/mol. The lowest BCUT2D eigenvalue weighted by molar-refractivity contribution is 0.228. The maximum absolute atomic E-state index is 4.49. The van der Waals surface area contributed by atoms with Gasteiger partial charge in [-0.25, -0.2) is 0 Å². The van der Waals surface area contributed by atoms with Gasteiger partial charge in [0.1, 0.15) is 0 Å². The largest absolute Gasteiger partial charge is 0.313 e. The van der Waals surface area contributed by atoms with Gasteiger partial charge in [-0.2, -0.15) is 5.10 Å². The van der Waals surface area contributed by atoms with Crippen LogP contribution in [0.25, 0.3) is 0 Å². The van der Waals surface area contributed by atoms with Crippen molar-refractivity contribution in [1.82, 2.24) is 20.0 Å². The molecule has 1 N–H and O–H groups in total. The van der Waals surface area contributed by atoms with Gasteiger partial charge in [-0.1, -0.05) is 0 Å². The third-order valence-electron chi connectivity index (χ3n) is 3.81. The molecule has 0 bridgehead atoms. The van der Waals surface area contributed by atoms with Crippen LogP contribution in [0.5, 0.6) is 0 Å². The minimum absolute atomic E-state index is 0.708. The highest BCUT2D eigenvalue weighted by molar-refractivity contribution is 5.01. The third-order valence-corrected chi connectivity index (χ3v) is 3.81. The fourth-order valence-electron chi connectivity index (χ4n) is 2.73. The Hall–Kier alpha value is -0.870. The summed E-state index contributed by atoms with van der Waals surface area (Å²) in [6.07, 6.45) is 7.46. The fourth-order valence-corrected chi connectivity index (χ4v) is 2.73. The average Bonchev–Trinajstić information content (AvgIpc) is 2.89. The summed E-state index contributed by atoms with van der Waals surface area (Å²) >= 11 is 0. The van der Waals surface area contributed by atoms with Gasteiger partial charge in [0.2, 0.25) is 0 Å². The standard InChI is InChI=1S/C13H22N4/c1-16-8-6-12(15-16)10-17(13-4-5-13)9-11-3-2-7-14-11/h6,8,11,13-14H,2-5,7,9-10H2,1H3. The molecule has 1 aliphatic heterocycles.